The summed E-state index contributed by atoms with van der Waals surface area (Å²) in [6.45, 7) is 7.26. The van der Waals surface area contributed by atoms with Gasteiger partial charge >= 0.3 is 107 Å². The zero-order valence-corrected chi connectivity index (χ0v) is 12.8. The molecule has 0 radical (unpaired) electrons. The first-order valence-electron chi connectivity index (χ1n) is 5.05. The summed E-state index contributed by atoms with van der Waals surface area (Å²) in [7, 11) is 0. The monoisotopic (exact) mass is 388 g/mol. The van der Waals surface area contributed by atoms with E-state index in [-0.39, 0.29) is 17.9 Å². The molecule has 1 saturated heterocycles. The molecule has 0 atom stereocenters. The predicted molar refractivity (Wildman–Crippen MR) is 58.2 cm³/mol. The number of carbonyl (C=O) groups excluding carboxylic acids is 2. The second-order valence-corrected chi connectivity index (χ2v) is 6.18. The third-order valence-corrected chi connectivity index (χ3v) is 2.69. The fourth-order valence-corrected chi connectivity index (χ4v) is 2.04. The SMILES string of the molecule is C[C-]=C1C(=O)N(C(C)C)C(=O)C1=C[C](C)=[W]. The third-order valence-electron chi connectivity index (χ3n) is 2.27. The van der Waals surface area contributed by atoms with E-state index < -0.39 is 0 Å². The number of rotatable bonds is 2. The van der Waals surface area contributed by atoms with Gasteiger partial charge in [-0.25, -0.2) is 0 Å². The third kappa shape index (κ3) is 2.30. The van der Waals surface area contributed by atoms with Crippen LogP contribution in [-0.2, 0) is 28.9 Å². The first kappa shape index (κ1) is 13.2. The molecule has 2 amide bonds. The van der Waals surface area contributed by atoms with Crippen LogP contribution in [0.2, 0.25) is 0 Å². The van der Waals surface area contributed by atoms with Gasteiger partial charge < -0.3 is 0 Å². The number of amides is 2. The number of nitrogens with zero attached hydrogens (tertiary/aromatic N) is 1. The van der Waals surface area contributed by atoms with Crippen LogP contribution in [0.25, 0.3) is 0 Å². The molecule has 3 nitrogen and oxygen atoms in total. The van der Waals surface area contributed by atoms with Crippen LogP contribution in [0.3, 0.4) is 0 Å². The van der Waals surface area contributed by atoms with Gasteiger partial charge in [-0.05, 0) is 0 Å². The number of imide groups is 1. The van der Waals surface area contributed by atoms with Crippen LogP contribution < -0.4 is 0 Å². The molecular formula is C12H14NO2W-. The minimum absolute atomic E-state index is 0.112. The molecule has 1 rings (SSSR count). The van der Waals surface area contributed by atoms with Gasteiger partial charge in [0.15, 0.2) is 0 Å². The quantitative estimate of drug-likeness (QED) is 0.405. The minimum atomic E-state index is -0.231. The van der Waals surface area contributed by atoms with E-state index >= 15 is 0 Å². The van der Waals surface area contributed by atoms with E-state index in [2.05, 4.69) is 6.08 Å². The van der Waals surface area contributed by atoms with Crippen LogP contribution >= 0.6 is 0 Å². The summed E-state index contributed by atoms with van der Waals surface area (Å²) in [5.41, 5.74) is 0.882. The molecule has 0 unspecified atom stereocenters. The Balaban J connectivity index is 3.28. The van der Waals surface area contributed by atoms with Gasteiger partial charge in [-0.15, -0.1) is 0 Å². The molecule has 0 aliphatic carbocycles. The van der Waals surface area contributed by atoms with E-state index in [1.807, 2.05) is 20.8 Å². The van der Waals surface area contributed by atoms with Gasteiger partial charge in [0, 0.05) is 0 Å². The van der Waals surface area contributed by atoms with Crippen LogP contribution in [0.15, 0.2) is 17.2 Å². The molecule has 0 saturated carbocycles. The molecule has 1 aliphatic rings. The number of likely N-dealkylation sites (tertiary alicyclic amines) is 1. The Morgan fingerprint density at radius 3 is 2.31 bits per heavy atom. The summed E-state index contributed by atoms with van der Waals surface area (Å²) in [6.07, 6.45) is 4.60. The van der Waals surface area contributed by atoms with Crippen molar-refractivity contribution >= 4 is 15.7 Å². The van der Waals surface area contributed by atoms with E-state index in [0.717, 1.165) is 3.90 Å². The second-order valence-electron chi connectivity index (χ2n) is 3.87. The van der Waals surface area contributed by atoms with Crippen molar-refractivity contribution in [2.75, 3.05) is 0 Å². The van der Waals surface area contributed by atoms with Crippen molar-refractivity contribution in [2.24, 2.45) is 0 Å². The van der Waals surface area contributed by atoms with E-state index in [4.69, 9.17) is 0 Å². The van der Waals surface area contributed by atoms with Gasteiger partial charge in [-0.2, -0.15) is 0 Å². The molecule has 0 aromatic rings. The summed E-state index contributed by atoms with van der Waals surface area (Å²) in [6, 6.07) is -0.112. The standard InChI is InChI=1S/C12H14NO2.W/c1-5-7-10-9(6-2)11(14)13(8(3)4)12(10)15;/h7-8H,1-4H3;/q-1;. The van der Waals surface area contributed by atoms with Crippen LogP contribution in [-0.4, -0.2) is 26.7 Å². The van der Waals surface area contributed by atoms with Gasteiger partial charge in [0.2, 0.25) is 0 Å². The average Bonchev–Trinajstić information content (AvgIpc) is 2.37. The molecule has 16 heavy (non-hydrogen) atoms. The fraction of sp³-hybridized carbons (Fsp3) is 0.417. The Kier molecular flexibility index (Phi) is 4.14. The van der Waals surface area contributed by atoms with Crippen molar-refractivity contribution < 1.29 is 28.9 Å². The van der Waals surface area contributed by atoms with E-state index in [1.54, 1.807) is 13.0 Å². The van der Waals surface area contributed by atoms with Gasteiger partial charge in [0.05, 0.1) is 0 Å². The van der Waals surface area contributed by atoms with Crippen molar-refractivity contribution in [3.63, 3.8) is 0 Å². The van der Waals surface area contributed by atoms with Crippen LogP contribution in [0, 0.1) is 6.08 Å². The number of allylic oxidation sites excluding steroid dienone is 2. The molecule has 1 heterocycles. The Morgan fingerprint density at radius 1 is 1.38 bits per heavy atom. The predicted octanol–water partition coefficient (Wildman–Crippen LogP) is 1.18. The summed E-state index contributed by atoms with van der Waals surface area (Å²) >= 11 is 1.29. The zero-order valence-electron chi connectivity index (χ0n) is 9.83. The van der Waals surface area contributed by atoms with Crippen LogP contribution in [0.5, 0.6) is 0 Å². The normalized spacial score (nSPS) is 21.7. The van der Waals surface area contributed by atoms with Crippen LogP contribution in [0.4, 0.5) is 0 Å². The average molecular weight is 388 g/mol. The molecule has 0 N–H and O–H groups in total. The summed E-state index contributed by atoms with van der Waals surface area (Å²) in [4.78, 5) is 25.3. The fourth-order valence-electron chi connectivity index (χ4n) is 1.61. The van der Waals surface area contributed by atoms with Crippen molar-refractivity contribution in [2.45, 2.75) is 33.7 Å². The molecule has 0 aromatic heterocycles. The number of carbonyl (C=O) groups is 2. The van der Waals surface area contributed by atoms with Crippen molar-refractivity contribution in [1.29, 1.82) is 0 Å². The number of hydrogen-bond acceptors (Lipinski definition) is 2. The Hall–Kier alpha value is -0.822. The zero-order chi connectivity index (χ0) is 12.5. The van der Waals surface area contributed by atoms with Crippen molar-refractivity contribution in [1.82, 2.24) is 4.90 Å². The van der Waals surface area contributed by atoms with Crippen molar-refractivity contribution in [3.8, 4) is 0 Å². The Morgan fingerprint density at radius 2 is 1.94 bits per heavy atom. The maximum absolute atomic E-state index is 12.0. The van der Waals surface area contributed by atoms with Gasteiger partial charge in [-0.3, -0.25) is 0 Å². The molecule has 0 spiro atoms. The van der Waals surface area contributed by atoms with Crippen LogP contribution in [0.1, 0.15) is 27.7 Å². The molecule has 0 bridgehead atoms. The summed E-state index contributed by atoms with van der Waals surface area (Å²) in [5.74, 6) is -0.435. The molecule has 4 heteroatoms. The Labute approximate surface area is 107 Å². The molecule has 1 aliphatic heterocycles. The Bertz CT molecular complexity index is 419. The summed E-state index contributed by atoms with van der Waals surface area (Å²) in [5, 5.41) is 0. The van der Waals surface area contributed by atoms with E-state index in [0.29, 0.717) is 11.1 Å². The van der Waals surface area contributed by atoms with E-state index in [9.17, 15) is 9.59 Å². The maximum atomic E-state index is 12.0. The van der Waals surface area contributed by atoms with Gasteiger partial charge in [0.25, 0.3) is 0 Å². The first-order chi connectivity index (χ1) is 7.40. The second kappa shape index (κ2) is 5.01. The van der Waals surface area contributed by atoms with Gasteiger partial charge in [-0.1, -0.05) is 0 Å². The topological polar surface area (TPSA) is 37.4 Å². The number of hydrogen-bond donors (Lipinski definition) is 0. The van der Waals surface area contributed by atoms with E-state index in [1.165, 1.54) is 24.3 Å². The summed E-state index contributed by atoms with van der Waals surface area (Å²) < 4.78 is 1.08. The molecule has 0 aromatic carbocycles. The van der Waals surface area contributed by atoms with Crippen molar-refractivity contribution in [3.05, 3.63) is 23.3 Å². The molecular weight excluding hydrogens is 374 g/mol. The molecule has 1 fully saturated rings. The van der Waals surface area contributed by atoms with Gasteiger partial charge in [0.1, 0.15) is 0 Å². The molecule has 86 valence electrons. The first-order valence-corrected chi connectivity index (χ1v) is 6.52.